The Hall–Kier alpha value is -4.35. The van der Waals surface area contributed by atoms with Gasteiger partial charge in [-0.25, -0.2) is 14.9 Å². The number of para-hydroxylation sites is 1. The second-order valence-corrected chi connectivity index (χ2v) is 10.5. The zero-order valence-corrected chi connectivity index (χ0v) is 20.8. The second-order valence-electron chi connectivity index (χ2n) is 10.5. The number of carbonyl (C=O) groups is 2. The number of ether oxygens (including phenoxy) is 2. The summed E-state index contributed by atoms with van der Waals surface area (Å²) in [4.78, 5) is 37.8. The van der Waals surface area contributed by atoms with E-state index in [4.69, 9.17) is 9.47 Å². The minimum absolute atomic E-state index is 0.235. The summed E-state index contributed by atoms with van der Waals surface area (Å²) in [5, 5.41) is 11.8. The van der Waals surface area contributed by atoms with Crippen LogP contribution in [0.15, 0.2) is 67.0 Å². The molecule has 3 aromatic carbocycles. The van der Waals surface area contributed by atoms with Crippen LogP contribution in [0.5, 0.6) is 5.88 Å². The minimum atomic E-state index is -0.786. The molecule has 2 bridgehead atoms. The maximum Gasteiger partial charge on any atom is 0.240 e. The molecule has 0 unspecified atom stereocenters. The zero-order chi connectivity index (χ0) is 26.1. The van der Waals surface area contributed by atoms with E-state index in [0.29, 0.717) is 48.4 Å². The van der Waals surface area contributed by atoms with Crippen molar-refractivity contribution < 1.29 is 19.1 Å². The predicted octanol–water partition coefficient (Wildman–Crippen LogP) is 4.55. The van der Waals surface area contributed by atoms with Gasteiger partial charge in [-0.1, -0.05) is 36.4 Å². The van der Waals surface area contributed by atoms with Crippen LogP contribution in [0.25, 0.3) is 21.7 Å². The van der Waals surface area contributed by atoms with Crippen LogP contribution in [-0.2, 0) is 14.3 Å². The monoisotopic (exact) mass is 504 g/mol. The van der Waals surface area contributed by atoms with Gasteiger partial charge in [0.25, 0.3) is 0 Å². The summed E-state index contributed by atoms with van der Waals surface area (Å²) in [7, 11) is 0. The fourth-order valence-corrected chi connectivity index (χ4v) is 6.84. The van der Waals surface area contributed by atoms with Gasteiger partial charge < -0.3 is 9.47 Å². The first-order chi connectivity index (χ1) is 18.5. The third-order valence-corrected chi connectivity index (χ3v) is 8.54. The first-order valence-corrected chi connectivity index (χ1v) is 12.8. The topological polar surface area (TPSA) is 105 Å². The van der Waals surface area contributed by atoms with Gasteiger partial charge in [-0.05, 0) is 44.0 Å². The van der Waals surface area contributed by atoms with Crippen molar-refractivity contribution in [3.8, 4) is 11.9 Å². The van der Waals surface area contributed by atoms with Gasteiger partial charge in [-0.3, -0.25) is 9.59 Å². The van der Waals surface area contributed by atoms with Gasteiger partial charge in [0.05, 0.1) is 57.9 Å². The second kappa shape index (κ2) is 8.07. The lowest BCUT2D eigenvalue weighted by molar-refractivity contribution is -0.131. The van der Waals surface area contributed by atoms with Crippen molar-refractivity contribution in [2.45, 2.75) is 37.4 Å². The van der Waals surface area contributed by atoms with E-state index in [1.807, 2.05) is 55.5 Å². The van der Waals surface area contributed by atoms with Crippen molar-refractivity contribution in [3.05, 3.63) is 72.6 Å². The molecule has 0 spiro atoms. The average Bonchev–Trinajstić information content (AvgIpc) is 3.52. The van der Waals surface area contributed by atoms with Crippen LogP contribution >= 0.6 is 0 Å². The summed E-state index contributed by atoms with van der Waals surface area (Å²) in [5.41, 5.74) is 0.321. The molecule has 0 aliphatic carbocycles. The number of imide groups is 1. The van der Waals surface area contributed by atoms with Crippen LogP contribution in [-0.4, -0.2) is 39.6 Å². The molecular formula is C30H24N4O4. The number of nitriles is 1. The fraction of sp³-hybridized carbons (Fsp3) is 0.300. The maximum absolute atomic E-state index is 14.0. The Morgan fingerprint density at radius 2 is 1.71 bits per heavy atom. The van der Waals surface area contributed by atoms with Gasteiger partial charge in [0, 0.05) is 17.2 Å². The van der Waals surface area contributed by atoms with Crippen molar-refractivity contribution in [1.82, 2.24) is 9.97 Å². The molecule has 4 aromatic rings. The number of nitrogens with zero attached hydrogens (tertiary/aromatic N) is 4. The SMILES string of the molecule is C[C@]12CC[C@](CCOc3ncnc4ccccc34)(O1)[C@@H]1C(=O)N(c3ccc(C#N)c4ccccc34)C(=O)[C@@H]12. The Kier molecular flexibility index (Phi) is 4.85. The van der Waals surface area contributed by atoms with Crippen molar-refractivity contribution in [1.29, 1.82) is 5.26 Å². The third-order valence-electron chi connectivity index (χ3n) is 8.54. The highest BCUT2D eigenvalue weighted by atomic mass is 16.5. The highest BCUT2D eigenvalue weighted by molar-refractivity contribution is 6.26. The number of hydrogen-bond donors (Lipinski definition) is 0. The summed E-state index contributed by atoms with van der Waals surface area (Å²) < 4.78 is 12.7. The Morgan fingerprint density at radius 1 is 0.974 bits per heavy atom. The number of amides is 2. The Balaban J connectivity index is 1.21. The maximum atomic E-state index is 14.0. The van der Waals surface area contributed by atoms with E-state index in [9.17, 15) is 14.9 Å². The van der Waals surface area contributed by atoms with Crippen molar-refractivity contribution >= 4 is 39.2 Å². The number of aromatic nitrogens is 2. The van der Waals surface area contributed by atoms with Gasteiger partial charge in [-0.15, -0.1) is 0 Å². The van der Waals surface area contributed by atoms with Gasteiger partial charge >= 0.3 is 0 Å². The van der Waals surface area contributed by atoms with E-state index in [0.717, 1.165) is 16.3 Å². The molecule has 0 saturated carbocycles. The number of hydrogen-bond acceptors (Lipinski definition) is 7. The normalized spacial score (nSPS) is 27.7. The molecule has 8 nitrogen and oxygen atoms in total. The number of benzene rings is 3. The molecule has 4 heterocycles. The molecule has 188 valence electrons. The Bertz CT molecular complexity index is 1690. The number of carbonyl (C=O) groups excluding carboxylic acids is 2. The van der Waals surface area contributed by atoms with E-state index in [-0.39, 0.29) is 11.8 Å². The Morgan fingerprint density at radius 3 is 2.53 bits per heavy atom. The standard InChI is InChI=1S/C30H24N4O4/c1-29-12-13-30(38-29,14-15-37-26-21-8-4-5-9-22(21)32-17-33-26)25-24(29)27(35)34(28(25)36)23-11-10-18(16-31)19-6-2-3-7-20(19)23/h2-11,17,24-25H,12-15H2,1H3/t24-,25+,29-,30-/m1/s1. The molecule has 4 atom stereocenters. The van der Waals surface area contributed by atoms with Gasteiger partial charge in [0.1, 0.15) is 6.33 Å². The molecule has 3 fully saturated rings. The van der Waals surface area contributed by atoms with Gasteiger partial charge in [0.15, 0.2) is 0 Å². The summed E-state index contributed by atoms with van der Waals surface area (Å²) >= 11 is 0. The average molecular weight is 505 g/mol. The molecule has 0 radical (unpaired) electrons. The number of fused-ring (bicyclic) bond motifs is 7. The smallest absolute Gasteiger partial charge is 0.240 e. The van der Waals surface area contributed by atoms with Crippen LogP contribution < -0.4 is 9.64 Å². The lowest BCUT2D eigenvalue weighted by atomic mass is 9.67. The molecule has 0 N–H and O–H groups in total. The van der Waals surface area contributed by atoms with E-state index in [2.05, 4.69) is 16.0 Å². The van der Waals surface area contributed by atoms with Gasteiger partial charge in [-0.2, -0.15) is 5.26 Å². The highest BCUT2D eigenvalue weighted by Crippen LogP contribution is 2.62. The minimum Gasteiger partial charge on any atom is -0.477 e. The molecule has 1 aromatic heterocycles. The molecule has 7 rings (SSSR count). The van der Waals surface area contributed by atoms with E-state index < -0.39 is 23.0 Å². The lowest BCUT2D eigenvalue weighted by Crippen LogP contribution is -2.43. The summed E-state index contributed by atoms with van der Waals surface area (Å²) in [6.45, 7) is 2.24. The Labute approximate surface area is 218 Å². The molecule has 3 aliphatic heterocycles. The van der Waals surface area contributed by atoms with Gasteiger partial charge in [0.2, 0.25) is 17.7 Å². The molecule has 3 saturated heterocycles. The number of anilines is 1. The molecule has 8 heteroatoms. The van der Waals surface area contributed by atoms with Crippen LogP contribution in [0.2, 0.25) is 0 Å². The number of rotatable bonds is 5. The van der Waals surface area contributed by atoms with Crippen LogP contribution in [0.3, 0.4) is 0 Å². The zero-order valence-electron chi connectivity index (χ0n) is 20.8. The van der Waals surface area contributed by atoms with Crippen molar-refractivity contribution in [2.75, 3.05) is 11.5 Å². The molecular weight excluding hydrogens is 480 g/mol. The largest absolute Gasteiger partial charge is 0.477 e. The van der Waals surface area contributed by atoms with Crippen molar-refractivity contribution in [3.63, 3.8) is 0 Å². The van der Waals surface area contributed by atoms with Crippen molar-refractivity contribution in [2.24, 2.45) is 11.8 Å². The van der Waals surface area contributed by atoms with E-state index >= 15 is 0 Å². The lowest BCUT2D eigenvalue weighted by Gasteiger charge is -2.31. The van der Waals surface area contributed by atoms with E-state index in [1.165, 1.54) is 11.2 Å². The first-order valence-electron chi connectivity index (χ1n) is 12.8. The molecule has 38 heavy (non-hydrogen) atoms. The molecule has 2 amide bonds. The third kappa shape index (κ3) is 3.06. The van der Waals surface area contributed by atoms with E-state index in [1.54, 1.807) is 12.1 Å². The highest BCUT2D eigenvalue weighted by Gasteiger charge is 2.73. The molecule has 3 aliphatic rings. The summed E-state index contributed by atoms with van der Waals surface area (Å²) in [6.07, 6.45) is 3.32. The van der Waals surface area contributed by atoms with Crippen LogP contribution in [0.4, 0.5) is 5.69 Å². The first kappa shape index (κ1) is 22.8. The van der Waals surface area contributed by atoms with Crippen LogP contribution in [0.1, 0.15) is 31.7 Å². The quantitative estimate of drug-likeness (QED) is 0.367. The van der Waals surface area contributed by atoms with Crippen LogP contribution in [0, 0.1) is 23.2 Å². The predicted molar refractivity (Wildman–Crippen MR) is 139 cm³/mol. The fourth-order valence-electron chi connectivity index (χ4n) is 6.84. The summed E-state index contributed by atoms with van der Waals surface area (Å²) in [6, 6.07) is 20.6. The summed E-state index contributed by atoms with van der Waals surface area (Å²) in [5.74, 6) is -1.14.